The number of benzene rings is 2. The van der Waals surface area contributed by atoms with Crippen molar-refractivity contribution in [2.75, 3.05) is 58.2 Å². The van der Waals surface area contributed by atoms with Gasteiger partial charge >= 0.3 is 0 Å². The molecule has 29 heavy (non-hydrogen) atoms. The number of rotatable bonds is 5. The average Bonchev–Trinajstić information content (AvgIpc) is 2.75. The quantitative estimate of drug-likeness (QED) is 0.846. The lowest BCUT2D eigenvalue weighted by molar-refractivity contribution is -0.121. The Hall–Kier alpha value is -1.95. The highest BCUT2D eigenvalue weighted by atomic mass is 16.2. The summed E-state index contributed by atoms with van der Waals surface area (Å²) >= 11 is 0. The van der Waals surface area contributed by atoms with Crippen molar-refractivity contribution in [3.05, 3.63) is 42.5 Å². The van der Waals surface area contributed by atoms with Gasteiger partial charge in [-0.05, 0) is 62.2 Å². The Morgan fingerprint density at radius 1 is 1.07 bits per heavy atom. The van der Waals surface area contributed by atoms with Gasteiger partial charge in [-0.2, -0.15) is 0 Å². The minimum atomic E-state index is -0.100. The fraction of sp³-hybridized carbons (Fsp3) is 0.542. The van der Waals surface area contributed by atoms with Gasteiger partial charge in [-0.3, -0.25) is 9.69 Å². The summed E-state index contributed by atoms with van der Waals surface area (Å²) in [6.45, 7) is 9.94. The predicted molar refractivity (Wildman–Crippen MR) is 120 cm³/mol. The zero-order chi connectivity index (χ0) is 20.2. The van der Waals surface area contributed by atoms with Crippen LogP contribution in [0.2, 0.25) is 0 Å². The first-order valence-corrected chi connectivity index (χ1v) is 11.0. The minimum absolute atomic E-state index is 0.0977. The molecule has 5 heteroatoms. The molecule has 0 aromatic heterocycles. The molecule has 2 aliphatic heterocycles. The standard InChI is InChI=1S/C24H34N4O/c1-19(24(29)25-23-10-9-21-7-3-4-8-22(21)16-23)28-11-5-6-20(18-28)17-27-14-12-26(2)13-15-27/h3-4,7-10,16,19-20H,5-6,11-15,17-18H2,1-2H3,(H,25,29). The fourth-order valence-corrected chi connectivity index (χ4v) is 4.67. The van der Waals surface area contributed by atoms with Gasteiger partial charge in [0.25, 0.3) is 0 Å². The van der Waals surface area contributed by atoms with E-state index in [9.17, 15) is 4.79 Å². The number of anilines is 1. The van der Waals surface area contributed by atoms with Crippen molar-refractivity contribution in [1.29, 1.82) is 0 Å². The van der Waals surface area contributed by atoms with E-state index in [1.807, 2.05) is 18.2 Å². The molecule has 4 rings (SSSR count). The Morgan fingerprint density at radius 3 is 2.62 bits per heavy atom. The summed E-state index contributed by atoms with van der Waals surface area (Å²) in [7, 11) is 2.20. The molecule has 0 aliphatic carbocycles. The molecule has 0 spiro atoms. The SMILES string of the molecule is CC(C(=O)Nc1ccc2ccccc2c1)N1CCCC(CN2CCN(C)CC2)C1. The van der Waals surface area contributed by atoms with Crippen LogP contribution >= 0.6 is 0 Å². The number of nitrogens with one attached hydrogen (secondary N) is 1. The molecule has 2 unspecified atom stereocenters. The number of carbonyl (C=O) groups is 1. The summed E-state index contributed by atoms with van der Waals surface area (Å²) in [6, 6.07) is 14.3. The van der Waals surface area contributed by atoms with Crippen LogP contribution in [0.1, 0.15) is 19.8 Å². The number of nitrogens with zero attached hydrogens (tertiary/aromatic N) is 3. The van der Waals surface area contributed by atoms with E-state index in [2.05, 4.69) is 58.3 Å². The topological polar surface area (TPSA) is 38.8 Å². The lowest BCUT2D eigenvalue weighted by atomic mass is 9.95. The lowest BCUT2D eigenvalue weighted by Gasteiger charge is -2.40. The van der Waals surface area contributed by atoms with Crippen molar-refractivity contribution in [2.45, 2.75) is 25.8 Å². The molecule has 156 valence electrons. The van der Waals surface area contributed by atoms with Crippen molar-refractivity contribution >= 4 is 22.4 Å². The molecular weight excluding hydrogens is 360 g/mol. The molecule has 2 fully saturated rings. The summed E-state index contributed by atoms with van der Waals surface area (Å²) < 4.78 is 0. The average molecular weight is 395 g/mol. The van der Waals surface area contributed by atoms with Crippen LogP contribution in [-0.2, 0) is 4.79 Å². The summed E-state index contributed by atoms with van der Waals surface area (Å²) in [5.41, 5.74) is 0.881. The van der Waals surface area contributed by atoms with Crippen LogP contribution in [0.3, 0.4) is 0 Å². The highest BCUT2D eigenvalue weighted by molar-refractivity contribution is 5.97. The van der Waals surface area contributed by atoms with Crippen LogP contribution in [0.5, 0.6) is 0 Å². The maximum atomic E-state index is 12.9. The third kappa shape index (κ3) is 5.16. The normalized spacial score (nSPS) is 23.2. The molecule has 2 aromatic carbocycles. The maximum absolute atomic E-state index is 12.9. The van der Waals surface area contributed by atoms with Crippen LogP contribution < -0.4 is 5.32 Å². The summed E-state index contributed by atoms with van der Waals surface area (Å²) in [5, 5.41) is 5.49. The highest BCUT2D eigenvalue weighted by Gasteiger charge is 2.29. The second-order valence-corrected chi connectivity index (χ2v) is 8.83. The van der Waals surface area contributed by atoms with Gasteiger partial charge in [-0.15, -0.1) is 0 Å². The first-order chi connectivity index (χ1) is 14.1. The number of hydrogen-bond donors (Lipinski definition) is 1. The predicted octanol–water partition coefficient (Wildman–Crippen LogP) is 3.13. The molecule has 0 radical (unpaired) electrons. The third-order valence-corrected chi connectivity index (χ3v) is 6.61. The number of carbonyl (C=O) groups excluding carboxylic acids is 1. The Balaban J connectivity index is 1.32. The molecule has 0 bridgehead atoms. The Labute approximate surface area is 174 Å². The molecule has 1 N–H and O–H groups in total. The van der Waals surface area contributed by atoms with Crippen LogP contribution in [-0.4, -0.2) is 79.5 Å². The third-order valence-electron chi connectivity index (χ3n) is 6.61. The van der Waals surface area contributed by atoms with E-state index in [0.29, 0.717) is 5.92 Å². The second-order valence-electron chi connectivity index (χ2n) is 8.83. The molecule has 2 heterocycles. The molecule has 2 aromatic rings. The van der Waals surface area contributed by atoms with Crippen molar-refractivity contribution in [3.63, 3.8) is 0 Å². The van der Waals surface area contributed by atoms with Crippen molar-refractivity contribution in [1.82, 2.24) is 14.7 Å². The van der Waals surface area contributed by atoms with E-state index < -0.39 is 0 Å². The molecule has 2 atom stereocenters. The summed E-state index contributed by atoms with van der Waals surface area (Å²) in [6.07, 6.45) is 2.47. The number of fused-ring (bicyclic) bond motifs is 1. The zero-order valence-corrected chi connectivity index (χ0v) is 17.8. The largest absolute Gasteiger partial charge is 0.325 e. The van der Waals surface area contributed by atoms with Crippen LogP contribution in [0.4, 0.5) is 5.69 Å². The first kappa shape index (κ1) is 20.3. The van der Waals surface area contributed by atoms with Crippen LogP contribution in [0.15, 0.2) is 42.5 Å². The monoisotopic (exact) mass is 394 g/mol. The van der Waals surface area contributed by atoms with Gasteiger partial charge in [-0.1, -0.05) is 30.3 Å². The number of hydrogen-bond acceptors (Lipinski definition) is 4. The lowest BCUT2D eigenvalue weighted by Crippen LogP contribution is -2.51. The van der Waals surface area contributed by atoms with E-state index in [1.165, 1.54) is 51.0 Å². The molecular formula is C24H34N4O. The van der Waals surface area contributed by atoms with E-state index >= 15 is 0 Å². The molecule has 2 saturated heterocycles. The highest BCUT2D eigenvalue weighted by Crippen LogP contribution is 2.22. The van der Waals surface area contributed by atoms with Gasteiger partial charge in [0, 0.05) is 45.0 Å². The van der Waals surface area contributed by atoms with Gasteiger partial charge in [0.05, 0.1) is 6.04 Å². The molecule has 1 amide bonds. The van der Waals surface area contributed by atoms with Gasteiger partial charge in [0.1, 0.15) is 0 Å². The van der Waals surface area contributed by atoms with Crippen LogP contribution in [0.25, 0.3) is 10.8 Å². The Morgan fingerprint density at radius 2 is 1.83 bits per heavy atom. The van der Waals surface area contributed by atoms with Gasteiger partial charge in [0.15, 0.2) is 0 Å². The van der Waals surface area contributed by atoms with Crippen molar-refractivity contribution in [2.24, 2.45) is 5.92 Å². The molecule has 5 nitrogen and oxygen atoms in total. The molecule has 0 saturated carbocycles. The fourth-order valence-electron chi connectivity index (χ4n) is 4.67. The van der Waals surface area contributed by atoms with Gasteiger partial charge in [0.2, 0.25) is 5.91 Å². The van der Waals surface area contributed by atoms with Crippen molar-refractivity contribution in [3.8, 4) is 0 Å². The summed E-state index contributed by atoms with van der Waals surface area (Å²) in [5.74, 6) is 0.767. The zero-order valence-electron chi connectivity index (χ0n) is 17.8. The van der Waals surface area contributed by atoms with E-state index in [4.69, 9.17) is 0 Å². The van der Waals surface area contributed by atoms with Gasteiger partial charge in [-0.25, -0.2) is 0 Å². The minimum Gasteiger partial charge on any atom is -0.325 e. The smallest absolute Gasteiger partial charge is 0.241 e. The number of likely N-dealkylation sites (tertiary alicyclic amines) is 1. The van der Waals surface area contributed by atoms with Gasteiger partial charge < -0.3 is 15.1 Å². The first-order valence-electron chi connectivity index (χ1n) is 11.0. The van der Waals surface area contributed by atoms with Crippen molar-refractivity contribution < 1.29 is 4.79 Å². The van der Waals surface area contributed by atoms with E-state index in [0.717, 1.165) is 24.2 Å². The number of piperidine rings is 1. The summed E-state index contributed by atoms with van der Waals surface area (Å²) in [4.78, 5) is 20.3. The van der Waals surface area contributed by atoms with Crippen LogP contribution in [0, 0.1) is 5.92 Å². The number of amides is 1. The number of piperazine rings is 1. The Bertz CT molecular complexity index is 830. The van der Waals surface area contributed by atoms with E-state index in [-0.39, 0.29) is 11.9 Å². The molecule has 2 aliphatic rings. The number of likely N-dealkylation sites (N-methyl/N-ethyl adjacent to an activating group) is 1. The Kier molecular flexibility index (Phi) is 6.48. The second kappa shape index (κ2) is 9.24. The maximum Gasteiger partial charge on any atom is 0.241 e. The van der Waals surface area contributed by atoms with E-state index in [1.54, 1.807) is 0 Å².